The molecule has 0 aliphatic heterocycles. The van der Waals surface area contributed by atoms with Crippen LogP contribution in [0.5, 0.6) is 5.75 Å². The number of unbranched alkanes of at least 4 members (excludes halogenated alkanes) is 3. The Bertz CT molecular complexity index is 1040. The molecule has 0 spiro atoms. The molecule has 1 amide bonds. The summed E-state index contributed by atoms with van der Waals surface area (Å²) in [6.45, 7) is 4.62. The largest absolute Gasteiger partial charge is 0.495 e. The van der Waals surface area contributed by atoms with Crippen molar-refractivity contribution >= 4 is 33.1 Å². The predicted octanol–water partition coefficient (Wildman–Crippen LogP) is 4.61. The fraction of sp³-hybridized carbons (Fsp3) is 0.381. The van der Waals surface area contributed by atoms with E-state index in [4.69, 9.17) is 4.74 Å². The topological polar surface area (TPSA) is 73.2 Å². The van der Waals surface area contributed by atoms with Crippen LogP contribution in [0.1, 0.15) is 47.8 Å². The summed E-state index contributed by atoms with van der Waals surface area (Å²) in [5.74, 6) is 0.320. The Hall–Kier alpha value is -2.67. The quantitative estimate of drug-likeness (QED) is 0.562. The molecule has 0 radical (unpaired) electrons. The van der Waals surface area contributed by atoms with Crippen molar-refractivity contribution in [1.82, 2.24) is 9.55 Å². The number of hydrogen-bond donors (Lipinski definition) is 1. The average Bonchev–Trinajstić information content (AvgIpc) is 3.04. The van der Waals surface area contributed by atoms with Crippen LogP contribution in [0.15, 0.2) is 35.4 Å². The number of methoxy groups -OCH3 is 1. The molecular weight excluding hydrogens is 374 g/mol. The van der Waals surface area contributed by atoms with Gasteiger partial charge in [-0.2, -0.15) is 0 Å². The van der Waals surface area contributed by atoms with E-state index in [1.165, 1.54) is 11.3 Å². The van der Waals surface area contributed by atoms with Gasteiger partial charge in [-0.3, -0.25) is 14.2 Å². The molecule has 0 atom stereocenters. The number of fused-ring (bicyclic) bond motifs is 1. The van der Waals surface area contributed by atoms with Crippen molar-refractivity contribution in [1.29, 1.82) is 0 Å². The molecular formula is C21H25N3O3S. The molecule has 0 unspecified atom stereocenters. The first-order chi connectivity index (χ1) is 13.6. The lowest BCUT2D eigenvalue weighted by atomic mass is 10.2. The highest BCUT2D eigenvalue weighted by atomic mass is 32.1. The lowest BCUT2D eigenvalue weighted by molar-refractivity contribution is 0.102. The molecule has 3 aromatic rings. The number of hydrogen-bond acceptors (Lipinski definition) is 5. The van der Waals surface area contributed by atoms with Gasteiger partial charge in [0.15, 0.2) is 0 Å². The highest BCUT2D eigenvalue weighted by Gasteiger charge is 2.20. The number of carbonyl (C=O) groups excluding carboxylic acids is 1. The van der Waals surface area contributed by atoms with Crippen molar-refractivity contribution in [2.24, 2.45) is 0 Å². The molecule has 28 heavy (non-hydrogen) atoms. The minimum Gasteiger partial charge on any atom is -0.495 e. The van der Waals surface area contributed by atoms with Crippen molar-refractivity contribution in [3.8, 4) is 5.75 Å². The standard InChI is InChI=1S/C21H25N3O3S/c1-4-5-6-9-12-24-13-22-20-17(21(24)26)14(2)18(28-20)19(25)23-15-10-7-8-11-16(15)27-3/h7-8,10-11,13H,4-6,9,12H2,1-3H3,(H,23,25). The molecule has 0 bridgehead atoms. The van der Waals surface area contributed by atoms with E-state index in [2.05, 4.69) is 17.2 Å². The summed E-state index contributed by atoms with van der Waals surface area (Å²) in [6, 6.07) is 7.23. The Morgan fingerprint density at radius 1 is 1.25 bits per heavy atom. The van der Waals surface area contributed by atoms with E-state index in [-0.39, 0.29) is 11.5 Å². The molecule has 7 heteroatoms. The van der Waals surface area contributed by atoms with Crippen LogP contribution in [0.4, 0.5) is 5.69 Å². The second-order valence-electron chi connectivity index (χ2n) is 6.69. The fourth-order valence-electron chi connectivity index (χ4n) is 3.17. The number of para-hydroxylation sites is 2. The minimum atomic E-state index is -0.265. The summed E-state index contributed by atoms with van der Waals surface area (Å²) in [5, 5.41) is 3.41. The number of ether oxygens (including phenoxy) is 1. The molecule has 1 N–H and O–H groups in total. The monoisotopic (exact) mass is 399 g/mol. The number of thiophene rings is 1. The van der Waals surface area contributed by atoms with Gasteiger partial charge in [0, 0.05) is 6.54 Å². The number of aromatic nitrogens is 2. The molecule has 3 rings (SSSR count). The molecule has 0 aliphatic rings. The molecule has 0 saturated carbocycles. The van der Waals surface area contributed by atoms with Gasteiger partial charge < -0.3 is 10.1 Å². The third-order valence-electron chi connectivity index (χ3n) is 4.73. The number of amides is 1. The Kier molecular flexibility index (Phi) is 6.46. The van der Waals surface area contributed by atoms with E-state index in [0.717, 1.165) is 25.7 Å². The van der Waals surface area contributed by atoms with Gasteiger partial charge >= 0.3 is 0 Å². The van der Waals surface area contributed by atoms with Gasteiger partial charge in [0.05, 0.1) is 29.4 Å². The lowest BCUT2D eigenvalue weighted by Gasteiger charge is -2.09. The summed E-state index contributed by atoms with van der Waals surface area (Å²) in [4.78, 5) is 31.2. The molecule has 6 nitrogen and oxygen atoms in total. The predicted molar refractivity (Wildman–Crippen MR) is 114 cm³/mol. The van der Waals surface area contributed by atoms with E-state index in [0.29, 0.717) is 38.6 Å². The molecule has 148 valence electrons. The fourth-order valence-corrected chi connectivity index (χ4v) is 4.21. The molecule has 2 aromatic heterocycles. The summed E-state index contributed by atoms with van der Waals surface area (Å²) in [7, 11) is 1.56. The number of carbonyl (C=O) groups is 1. The second kappa shape index (κ2) is 9.01. The number of rotatable bonds is 8. The zero-order chi connectivity index (χ0) is 20.1. The molecule has 0 aliphatic carbocycles. The lowest BCUT2D eigenvalue weighted by Crippen LogP contribution is -2.20. The number of nitrogens with zero attached hydrogens (tertiary/aromatic N) is 2. The molecule has 2 heterocycles. The van der Waals surface area contributed by atoms with Gasteiger partial charge in [-0.15, -0.1) is 11.3 Å². The van der Waals surface area contributed by atoms with Crippen LogP contribution in [0.25, 0.3) is 10.2 Å². The number of benzene rings is 1. The Balaban J connectivity index is 1.88. The van der Waals surface area contributed by atoms with E-state index >= 15 is 0 Å². The van der Waals surface area contributed by atoms with Crippen LogP contribution in [0, 0.1) is 6.92 Å². The highest BCUT2D eigenvalue weighted by molar-refractivity contribution is 7.20. The summed E-state index contributed by atoms with van der Waals surface area (Å²) >= 11 is 1.24. The van der Waals surface area contributed by atoms with Crippen molar-refractivity contribution in [2.75, 3.05) is 12.4 Å². The maximum absolute atomic E-state index is 12.9. The number of anilines is 1. The van der Waals surface area contributed by atoms with E-state index < -0.39 is 0 Å². The van der Waals surface area contributed by atoms with Crippen LogP contribution < -0.4 is 15.6 Å². The van der Waals surface area contributed by atoms with Crippen molar-refractivity contribution in [2.45, 2.75) is 46.1 Å². The normalized spacial score (nSPS) is 11.0. The van der Waals surface area contributed by atoms with Crippen LogP contribution in [0.2, 0.25) is 0 Å². The zero-order valence-electron chi connectivity index (χ0n) is 16.4. The Labute approximate surface area is 168 Å². The first kappa shape index (κ1) is 20.1. The van der Waals surface area contributed by atoms with Crippen molar-refractivity contribution in [3.63, 3.8) is 0 Å². The maximum atomic E-state index is 12.9. The van der Waals surface area contributed by atoms with Crippen molar-refractivity contribution in [3.05, 3.63) is 51.4 Å². The molecule has 1 aromatic carbocycles. The zero-order valence-corrected chi connectivity index (χ0v) is 17.3. The van der Waals surface area contributed by atoms with E-state index in [9.17, 15) is 9.59 Å². The van der Waals surface area contributed by atoms with Gasteiger partial charge in [0.1, 0.15) is 10.6 Å². The van der Waals surface area contributed by atoms with Gasteiger partial charge in [-0.1, -0.05) is 38.3 Å². The summed E-state index contributed by atoms with van der Waals surface area (Å²) in [6.07, 6.45) is 5.95. The van der Waals surface area contributed by atoms with Gasteiger partial charge in [0.25, 0.3) is 11.5 Å². The van der Waals surface area contributed by atoms with Gasteiger partial charge in [0.2, 0.25) is 0 Å². The first-order valence-electron chi connectivity index (χ1n) is 9.49. The second-order valence-corrected chi connectivity index (χ2v) is 7.69. The summed E-state index contributed by atoms with van der Waals surface area (Å²) in [5.41, 5.74) is 1.19. The van der Waals surface area contributed by atoms with Crippen molar-refractivity contribution < 1.29 is 9.53 Å². The van der Waals surface area contributed by atoms with Crippen LogP contribution in [-0.2, 0) is 6.54 Å². The number of aryl methyl sites for hydroxylation is 2. The van der Waals surface area contributed by atoms with E-state index in [1.54, 1.807) is 37.1 Å². The molecule has 0 fully saturated rings. The SMILES string of the molecule is CCCCCCn1cnc2sc(C(=O)Nc3ccccc3OC)c(C)c2c1=O. The first-order valence-corrected chi connectivity index (χ1v) is 10.3. The third kappa shape index (κ3) is 4.09. The Morgan fingerprint density at radius 3 is 2.79 bits per heavy atom. The van der Waals surface area contributed by atoms with Gasteiger partial charge in [-0.25, -0.2) is 4.98 Å². The minimum absolute atomic E-state index is 0.0772. The number of nitrogens with one attached hydrogen (secondary N) is 1. The highest BCUT2D eigenvalue weighted by Crippen LogP contribution is 2.29. The van der Waals surface area contributed by atoms with Crippen LogP contribution in [-0.4, -0.2) is 22.6 Å². The third-order valence-corrected chi connectivity index (χ3v) is 5.93. The summed E-state index contributed by atoms with van der Waals surface area (Å²) < 4.78 is 6.94. The van der Waals surface area contributed by atoms with Crippen LogP contribution >= 0.6 is 11.3 Å². The maximum Gasteiger partial charge on any atom is 0.266 e. The average molecular weight is 400 g/mol. The van der Waals surface area contributed by atoms with Gasteiger partial charge in [-0.05, 0) is 31.0 Å². The van der Waals surface area contributed by atoms with E-state index in [1.807, 2.05) is 12.1 Å². The smallest absolute Gasteiger partial charge is 0.266 e. The van der Waals surface area contributed by atoms with Crippen LogP contribution in [0.3, 0.4) is 0 Å². The molecule has 0 saturated heterocycles. The Morgan fingerprint density at radius 2 is 2.04 bits per heavy atom.